The number of carbonyl (C=O) groups is 1. The molecule has 0 radical (unpaired) electrons. The maximum atomic E-state index is 13.6. The van der Waals surface area contributed by atoms with Crippen molar-refractivity contribution in [2.75, 3.05) is 32.8 Å². The average molecular weight is 342 g/mol. The fourth-order valence-electron chi connectivity index (χ4n) is 3.36. The van der Waals surface area contributed by atoms with E-state index in [1.165, 1.54) is 12.1 Å². The van der Waals surface area contributed by atoms with Crippen molar-refractivity contribution in [3.8, 4) is 11.5 Å². The molecule has 2 aromatic carbocycles. The number of rotatable bonds is 2. The molecular weight excluding hydrogens is 323 g/mol. The van der Waals surface area contributed by atoms with Crippen LogP contribution in [0.1, 0.15) is 22.0 Å². The van der Waals surface area contributed by atoms with Crippen LogP contribution in [-0.2, 0) is 0 Å². The lowest BCUT2D eigenvalue weighted by molar-refractivity contribution is 0.0624. The molecule has 2 heterocycles. The fraction of sp³-hybridized carbons (Fsp3) is 0.316. The van der Waals surface area contributed by atoms with Crippen molar-refractivity contribution < 1.29 is 18.7 Å². The van der Waals surface area contributed by atoms with Gasteiger partial charge in [0.15, 0.2) is 11.5 Å². The summed E-state index contributed by atoms with van der Waals surface area (Å²) in [6.07, 6.45) is 0. The van der Waals surface area contributed by atoms with Gasteiger partial charge in [0.1, 0.15) is 19.0 Å². The molecule has 0 unspecified atom stereocenters. The first-order valence-corrected chi connectivity index (χ1v) is 8.40. The Kier molecular flexibility index (Phi) is 4.28. The third kappa shape index (κ3) is 3.05. The maximum absolute atomic E-state index is 13.6. The highest BCUT2D eigenvalue weighted by Gasteiger charge is 2.31. The van der Waals surface area contributed by atoms with Crippen molar-refractivity contribution in [2.45, 2.75) is 6.04 Å². The van der Waals surface area contributed by atoms with Gasteiger partial charge in [-0.15, -0.1) is 0 Å². The van der Waals surface area contributed by atoms with Crippen LogP contribution in [0.4, 0.5) is 4.39 Å². The van der Waals surface area contributed by atoms with E-state index < -0.39 is 0 Å². The highest BCUT2D eigenvalue weighted by molar-refractivity contribution is 5.98. The molecule has 2 aliphatic heterocycles. The van der Waals surface area contributed by atoms with E-state index in [4.69, 9.17) is 9.47 Å². The summed E-state index contributed by atoms with van der Waals surface area (Å²) in [7, 11) is 0. The molecular formula is C19H19FN2O3. The fourth-order valence-corrected chi connectivity index (χ4v) is 3.36. The second-order valence-corrected chi connectivity index (χ2v) is 6.10. The van der Waals surface area contributed by atoms with Crippen LogP contribution in [0.25, 0.3) is 0 Å². The zero-order chi connectivity index (χ0) is 17.2. The van der Waals surface area contributed by atoms with Crippen molar-refractivity contribution in [2.24, 2.45) is 0 Å². The number of carbonyl (C=O) groups excluding carboxylic acids is 1. The molecule has 6 heteroatoms. The van der Waals surface area contributed by atoms with Crippen molar-refractivity contribution >= 4 is 5.91 Å². The van der Waals surface area contributed by atoms with Gasteiger partial charge in [-0.3, -0.25) is 4.79 Å². The van der Waals surface area contributed by atoms with E-state index in [1.807, 2.05) is 6.07 Å². The number of benzene rings is 2. The second-order valence-electron chi connectivity index (χ2n) is 6.10. The molecule has 0 saturated carbocycles. The zero-order valence-electron chi connectivity index (χ0n) is 13.7. The number of halogens is 1. The first-order valence-electron chi connectivity index (χ1n) is 8.40. The molecule has 4 rings (SSSR count). The van der Waals surface area contributed by atoms with Crippen LogP contribution in [0.3, 0.4) is 0 Å². The number of nitrogens with zero attached hydrogens (tertiary/aromatic N) is 1. The van der Waals surface area contributed by atoms with Crippen molar-refractivity contribution in [1.82, 2.24) is 10.2 Å². The van der Waals surface area contributed by atoms with E-state index in [9.17, 15) is 9.18 Å². The van der Waals surface area contributed by atoms with Crippen LogP contribution in [0, 0.1) is 5.82 Å². The van der Waals surface area contributed by atoms with Gasteiger partial charge in [0, 0.05) is 19.6 Å². The number of hydrogen-bond acceptors (Lipinski definition) is 4. The van der Waals surface area contributed by atoms with Gasteiger partial charge in [-0.2, -0.15) is 0 Å². The number of para-hydroxylation sites is 1. The largest absolute Gasteiger partial charge is 0.486 e. The average Bonchev–Trinajstić information content (AvgIpc) is 2.67. The van der Waals surface area contributed by atoms with E-state index in [0.717, 1.165) is 5.56 Å². The Balaban J connectivity index is 1.68. The molecule has 5 nitrogen and oxygen atoms in total. The lowest BCUT2D eigenvalue weighted by atomic mass is 10.0. The van der Waals surface area contributed by atoms with E-state index in [1.54, 1.807) is 29.2 Å². The second kappa shape index (κ2) is 6.72. The Morgan fingerprint density at radius 1 is 1.16 bits per heavy atom. The molecule has 2 aromatic rings. The summed E-state index contributed by atoms with van der Waals surface area (Å²) in [6.45, 7) is 2.73. The Morgan fingerprint density at radius 3 is 2.88 bits per heavy atom. The van der Waals surface area contributed by atoms with Gasteiger partial charge >= 0.3 is 0 Å². The minimum absolute atomic E-state index is 0.127. The topological polar surface area (TPSA) is 50.8 Å². The summed E-state index contributed by atoms with van der Waals surface area (Å²) in [5, 5.41) is 3.28. The molecule has 0 aliphatic carbocycles. The number of fused-ring (bicyclic) bond motifs is 1. The number of amides is 1. The van der Waals surface area contributed by atoms with Gasteiger partial charge in [-0.25, -0.2) is 4.39 Å². The van der Waals surface area contributed by atoms with Crippen molar-refractivity contribution in [1.29, 1.82) is 0 Å². The number of piperazine rings is 1. The molecule has 1 atom stereocenters. The van der Waals surface area contributed by atoms with E-state index in [-0.39, 0.29) is 17.8 Å². The van der Waals surface area contributed by atoms with Crippen molar-refractivity contribution in [3.63, 3.8) is 0 Å². The molecule has 1 fully saturated rings. The van der Waals surface area contributed by atoms with Gasteiger partial charge in [-0.1, -0.05) is 18.2 Å². The molecule has 1 amide bonds. The Labute approximate surface area is 145 Å². The van der Waals surface area contributed by atoms with Crippen LogP contribution in [0.2, 0.25) is 0 Å². The van der Waals surface area contributed by atoms with Crippen LogP contribution in [0.15, 0.2) is 42.5 Å². The molecule has 2 aliphatic rings. The van der Waals surface area contributed by atoms with Crippen LogP contribution < -0.4 is 14.8 Å². The van der Waals surface area contributed by atoms with E-state index >= 15 is 0 Å². The lowest BCUT2D eigenvalue weighted by Crippen LogP contribution is -2.48. The monoisotopic (exact) mass is 342 g/mol. The lowest BCUT2D eigenvalue weighted by Gasteiger charge is -2.37. The molecule has 0 bridgehead atoms. The van der Waals surface area contributed by atoms with E-state index in [0.29, 0.717) is 49.9 Å². The van der Waals surface area contributed by atoms with Crippen LogP contribution >= 0.6 is 0 Å². The zero-order valence-corrected chi connectivity index (χ0v) is 13.7. The van der Waals surface area contributed by atoms with Gasteiger partial charge in [0.05, 0.1) is 11.6 Å². The Hall–Kier alpha value is -2.60. The SMILES string of the molecule is O=C(c1cccc2c1OCCO2)N1CCNC[C@H]1c1cccc(F)c1. The standard InChI is InChI=1S/C19H19FN2O3/c20-14-4-1-3-13(11-14)16-12-21-7-8-22(16)19(23)15-5-2-6-17-18(15)25-10-9-24-17/h1-6,11,16,21H,7-10,12H2/t16-/m0/s1. The first-order chi connectivity index (χ1) is 12.2. The highest BCUT2D eigenvalue weighted by atomic mass is 19.1. The molecule has 1 N–H and O–H groups in total. The summed E-state index contributed by atoms with van der Waals surface area (Å²) in [5.74, 6) is 0.659. The normalized spacial score (nSPS) is 19.6. The van der Waals surface area contributed by atoms with E-state index in [2.05, 4.69) is 5.32 Å². The van der Waals surface area contributed by atoms with Crippen molar-refractivity contribution in [3.05, 3.63) is 59.4 Å². The summed E-state index contributed by atoms with van der Waals surface area (Å²) in [6, 6.07) is 11.5. The third-order valence-electron chi connectivity index (χ3n) is 4.53. The van der Waals surface area contributed by atoms with Gasteiger partial charge < -0.3 is 19.7 Å². The molecule has 130 valence electrons. The summed E-state index contributed by atoms with van der Waals surface area (Å²) >= 11 is 0. The summed E-state index contributed by atoms with van der Waals surface area (Å²) < 4.78 is 24.9. The van der Waals surface area contributed by atoms with Gasteiger partial charge in [0.25, 0.3) is 5.91 Å². The smallest absolute Gasteiger partial charge is 0.258 e. The minimum atomic E-state index is -0.302. The molecule has 25 heavy (non-hydrogen) atoms. The van der Waals surface area contributed by atoms with Crippen LogP contribution in [0.5, 0.6) is 11.5 Å². The third-order valence-corrected chi connectivity index (χ3v) is 4.53. The van der Waals surface area contributed by atoms with Gasteiger partial charge in [0.2, 0.25) is 0 Å². The minimum Gasteiger partial charge on any atom is -0.486 e. The highest BCUT2D eigenvalue weighted by Crippen LogP contribution is 2.35. The molecule has 1 saturated heterocycles. The summed E-state index contributed by atoms with van der Waals surface area (Å²) in [5.41, 5.74) is 1.27. The Morgan fingerprint density at radius 2 is 2.00 bits per heavy atom. The number of nitrogens with one attached hydrogen (secondary N) is 1. The maximum Gasteiger partial charge on any atom is 0.258 e. The van der Waals surface area contributed by atoms with Crippen LogP contribution in [-0.4, -0.2) is 43.7 Å². The first kappa shape index (κ1) is 15.9. The number of hydrogen-bond donors (Lipinski definition) is 1. The Bertz CT molecular complexity index is 796. The summed E-state index contributed by atoms with van der Waals surface area (Å²) in [4.78, 5) is 15.0. The number of ether oxygens (including phenoxy) is 2. The molecule has 0 aromatic heterocycles. The van der Waals surface area contributed by atoms with Gasteiger partial charge in [-0.05, 0) is 29.8 Å². The quantitative estimate of drug-likeness (QED) is 0.910. The predicted octanol–water partition coefficient (Wildman–Crippen LogP) is 2.38. The predicted molar refractivity (Wildman–Crippen MR) is 90.5 cm³/mol. The molecule has 0 spiro atoms.